The van der Waals surface area contributed by atoms with Crippen LogP contribution in [0.1, 0.15) is 40.0 Å². The van der Waals surface area contributed by atoms with E-state index in [9.17, 15) is 5.11 Å². The molecule has 29 heavy (non-hydrogen) atoms. The lowest BCUT2D eigenvalue weighted by atomic mass is 9.75. The van der Waals surface area contributed by atoms with E-state index in [4.69, 9.17) is 9.47 Å². The average Bonchev–Trinajstić information content (AvgIpc) is 2.72. The zero-order chi connectivity index (χ0) is 20.8. The van der Waals surface area contributed by atoms with E-state index in [0.717, 1.165) is 50.8 Å². The van der Waals surface area contributed by atoms with E-state index in [2.05, 4.69) is 37.8 Å². The zero-order valence-electron chi connectivity index (χ0n) is 18.8. The summed E-state index contributed by atoms with van der Waals surface area (Å²) in [6.45, 7) is 12.2. The number of methoxy groups -OCH3 is 1. The number of ether oxygens (including phenoxy) is 2. The summed E-state index contributed by atoms with van der Waals surface area (Å²) in [5.74, 6) is 2.96. The summed E-state index contributed by atoms with van der Waals surface area (Å²) in [5, 5.41) is 10.6. The quantitative estimate of drug-likeness (QED) is 0.696. The standard InChI is InChI=1S/C24H40N2O3/c1-18(2)21-10-9-19(3)15-24(21)29-17-20(27)16-25-11-13-26(14-12-25)22-7-5-6-8-23(22)28-4/h5-8,18-21,24,27H,9-17H2,1-4H3/p+1/t19-,20+,21-,24+/m0/s1. The van der Waals surface area contributed by atoms with Gasteiger partial charge in [0.2, 0.25) is 0 Å². The second-order valence-electron chi connectivity index (χ2n) is 9.46. The van der Waals surface area contributed by atoms with E-state index in [1.165, 1.54) is 23.4 Å². The lowest BCUT2D eigenvalue weighted by molar-refractivity contribution is -0.903. The van der Waals surface area contributed by atoms with Crippen LogP contribution in [0.4, 0.5) is 5.69 Å². The molecule has 1 saturated carbocycles. The molecule has 1 aromatic rings. The van der Waals surface area contributed by atoms with Crippen LogP contribution in [0.5, 0.6) is 5.75 Å². The normalized spacial score (nSPS) is 27.2. The number of nitrogens with zero attached hydrogens (tertiary/aromatic N) is 1. The molecule has 2 N–H and O–H groups in total. The first-order valence-electron chi connectivity index (χ1n) is 11.5. The number of nitrogens with one attached hydrogen (secondary N) is 1. The van der Waals surface area contributed by atoms with Crippen LogP contribution >= 0.6 is 0 Å². The van der Waals surface area contributed by atoms with Gasteiger partial charge in [-0.15, -0.1) is 0 Å². The number of anilines is 1. The van der Waals surface area contributed by atoms with Crippen LogP contribution in [0.3, 0.4) is 0 Å². The Kier molecular flexibility index (Phi) is 8.22. The van der Waals surface area contributed by atoms with E-state index >= 15 is 0 Å². The Morgan fingerprint density at radius 1 is 1.17 bits per heavy atom. The summed E-state index contributed by atoms with van der Waals surface area (Å²) in [5.41, 5.74) is 1.17. The second-order valence-corrected chi connectivity index (χ2v) is 9.46. The van der Waals surface area contributed by atoms with Crippen molar-refractivity contribution in [1.82, 2.24) is 0 Å². The van der Waals surface area contributed by atoms with Crippen molar-refractivity contribution in [3.05, 3.63) is 24.3 Å². The third-order valence-corrected chi connectivity index (χ3v) is 6.88. The van der Waals surface area contributed by atoms with Crippen LogP contribution in [0, 0.1) is 17.8 Å². The summed E-state index contributed by atoms with van der Waals surface area (Å²) in [6, 6.07) is 8.22. The molecule has 2 aliphatic rings. The van der Waals surface area contributed by atoms with Crippen molar-refractivity contribution in [3.63, 3.8) is 0 Å². The molecule has 0 radical (unpaired) electrons. The van der Waals surface area contributed by atoms with Gasteiger partial charge in [-0.2, -0.15) is 0 Å². The minimum atomic E-state index is -0.382. The molecule has 0 spiro atoms. The van der Waals surface area contributed by atoms with Crippen molar-refractivity contribution in [2.45, 2.75) is 52.2 Å². The molecule has 2 fully saturated rings. The van der Waals surface area contributed by atoms with Crippen molar-refractivity contribution >= 4 is 5.69 Å². The Morgan fingerprint density at radius 3 is 2.59 bits per heavy atom. The van der Waals surface area contributed by atoms with E-state index in [1.54, 1.807) is 7.11 Å². The number of hydrogen-bond acceptors (Lipinski definition) is 4. The molecule has 1 aromatic carbocycles. The van der Waals surface area contributed by atoms with E-state index < -0.39 is 0 Å². The van der Waals surface area contributed by atoms with Crippen molar-refractivity contribution in [1.29, 1.82) is 0 Å². The topological polar surface area (TPSA) is 46.4 Å². The molecule has 0 aromatic heterocycles. The Labute approximate surface area is 177 Å². The van der Waals surface area contributed by atoms with Gasteiger partial charge in [0.1, 0.15) is 18.4 Å². The van der Waals surface area contributed by atoms with Crippen molar-refractivity contribution in [2.24, 2.45) is 17.8 Å². The molecule has 1 aliphatic heterocycles. The van der Waals surface area contributed by atoms with Crippen LogP contribution < -0.4 is 14.5 Å². The molecule has 0 amide bonds. The average molecular weight is 406 g/mol. The van der Waals surface area contributed by atoms with Crippen LogP contribution in [-0.2, 0) is 4.74 Å². The lowest BCUT2D eigenvalue weighted by Gasteiger charge is -2.38. The highest BCUT2D eigenvalue weighted by Crippen LogP contribution is 2.35. The maximum atomic E-state index is 10.6. The van der Waals surface area contributed by atoms with Crippen LogP contribution in [0.2, 0.25) is 0 Å². The van der Waals surface area contributed by atoms with Gasteiger partial charge in [0.25, 0.3) is 0 Å². The summed E-state index contributed by atoms with van der Waals surface area (Å²) < 4.78 is 11.8. The Bertz CT molecular complexity index is 616. The highest BCUT2D eigenvalue weighted by atomic mass is 16.5. The number of aliphatic hydroxyl groups excluding tert-OH is 1. The van der Waals surface area contributed by atoms with Gasteiger partial charge in [0.15, 0.2) is 0 Å². The minimum Gasteiger partial charge on any atom is -0.495 e. The third kappa shape index (κ3) is 6.09. The van der Waals surface area contributed by atoms with Crippen molar-refractivity contribution < 1.29 is 19.5 Å². The predicted molar refractivity (Wildman–Crippen MR) is 118 cm³/mol. The highest BCUT2D eigenvalue weighted by molar-refractivity contribution is 5.58. The van der Waals surface area contributed by atoms with Crippen LogP contribution in [-0.4, -0.2) is 63.8 Å². The molecule has 0 bridgehead atoms. The SMILES string of the molecule is COc1ccccc1N1CC[NH+](C[C@@H](O)CO[C@@H]2C[C@@H](C)CC[C@H]2C(C)C)CC1. The van der Waals surface area contributed by atoms with Gasteiger partial charge in [-0.1, -0.05) is 39.3 Å². The van der Waals surface area contributed by atoms with Gasteiger partial charge < -0.3 is 24.4 Å². The molecule has 5 nitrogen and oxygen atoms in total. The summed E-state index contributed by atoms with van der Waals surface area (Å²) in [7, 11) is 1.73. The number of para-hydroxylation sites is 2. The molecule has 3 rings (SSSR count). The largest absolute Gasteiger partial charge is 0.495 e. The van der Waals surface area contributed by atoms with Crippen molar-refractivity contribution in [2.75, 3.05) is 51.3 Å². The summed E-state index contributed by atoms with van der Waals surface area (Å²) in [6.07, 6.45) is 3.64. The fourth-order valence-electron chi connectivity index (χ4n) is 5.09. The molecule has 4 atom stereocenters. The number of rotatable bonds is 8. The molecule has 164 valence electrons. The summed E-state index contributed by atoms with van der Waals surface area (Å²) in [4.78, 5) is 3.85. The smallest absolute Gasteiger partial charge is 0.142 e. The lowest BCUT2D eigenvalue weighted by Crippen LogP contribution is -3.16. The Balaban J connectivity index is 1.43. The van der Waals surface area contributed by atoms with Gasteiger partial charge in [-0.25, -0.2) is 0 Å². The van der Waals surface area contributed by atoms with Gasteiger partial charge in [0.05, 0.1) is 51.7 Å². The molecule has 1 saturated heterocycles. The predicted octanol–water partition coefficient (Wildman–Crippen LogP) is 2.24. The first-order valence-corrected chi connectivity index (χ1v) is 11.5. The van der Waals surface area contributed by atoms with Gasteiger partial charge in [0, 0.05) is 0 Å². The fourth-order valence-corrected chi connectivity index (χ4v) is 5.09. The molecule has 5 heteroatoms. The fraction of sp³-hybridized carbons (Fsp3) is 0.750. The van der Waals surface area contributed by atoms with Gasteiger partial charge in [-0.05, 0) is 42.7 Å². The first kappa shape index (κ1) is 22.4. The number of quaternary nitrogens is 1. The first-order chi connectivity index (χ1) is 14.0. The number of aliphatic hydroxyl groups is 1. The number of hydrogen-bond donors (Lipinski definition) is 2. The van der Waals surface area contributed by atoms with Crippen LogP contribution in [0.25, 0.3) is 0 Å². The molecule has 1 aliphatic carbocycles. The maximum absolute atomic E-state index is 10.6. The zero-order valence-corrected chi connectivity index (χ0v) is 18.8. The summed E-state index contributed by atoms with van der Waals surface area (Å²) >= 11 is 0. The van der Waals surface area contributed by atoms with Gasteiger partial charge in [-0.3, -0.25) is 0 Å². The molecule has 0 unspecified atom stereocenters. The van der Waals surface area contributed by atoms with E-state index in [-0.39, 0.29) is 6.10 Å². The highest BCUT2D eigenvalue weighted by Gasteiger charge is 2.32. The van der Waals surface area contributed by atoms with E-state index in [0.29, 0.717) is 24.5 Å². The molecule has 1 heterocycles. The molecular weight excluding hydrogens is 364 g/mol. The number of benzene rings is 1. The maximum Gasteiger partial charge on any atom is 0.142 e. The molecular formula is C24H41N2O3+. The number of piperazine rings is 1. The Hall–Kier alpha value is -1.30. The second kappa shape index (κ2) is 10.6. The van der Waals surface area contributed by atoms with E-state index in [1.807, 2.05) is 12.1 Å². The van der Waals surface area contributed by atoms with Crippen molar-refractivity contribution in [3.8, 4) is 5.75 Å². The van der Waals surface area contributed by atoms with Gasteiger partial charge >= 0.3 is 0 Å². The third-order valence-electron chi connectivity index (χ3n) is 6.88. The Morgan fingerprint density at radius 2 is 1.90 bits per heavy atom. The minimum absolute atomic E-state index is 0.311. The van der Waals surface area contributed by atoms with Crippen LogP contribution in [0.15, 0.2) is 24.3 Å². The monoisotopic (exact) mass is 405 g/mol.